The number of unbranched alkanes of at least 4 members (excludes halogenated alkanes) is 1. The Balaban J connectivity index is 1.35. The van der Waals surface area contributed by atoms with E-state index in [1.807, 2.05) is 4.90 Å². The van der Waals surface area contributed by atoms with Crippen molar-refractivity contribution in [3.63, 3.8) is 0 Å². The molecule has 0 aromatic carbocycles. The second-order valence-corrected chi connectivity index (χ2v) is 9.66. The van der Waals surface area contributed by atoms with Crippen molar-refractivity contribution < 1.29 is 9.53 Å². The molecule has 7 heteroatoms. The van der Waals surface area contributed by atoms with E-state index in [-0.39, 0.29) is 6.04 Å². The van der Waals surface area contributed by atoms with E-state index in [2.05, 4.69) is 29.0 Å². The molecule has 1 N–H and O–H groups in total. The molecule has 3 aliphatic rings. The highest BCUT2D eigenvalue weighted by Crippen LogP contribution is 2.20. The molecular weight excluding hydrogens is 402 g/mol. The van der Waals surface area contributed by atoms with Gasteiger partial charge in [-0.3, -0.25) is 14.7 Å². The Morgan fingerprint density at radius 3 is 2.28 bits per heavy atom. The molecule has 1 aliphatic carbocycles. The number of nitrogens with zero attached hydrogens (tertiary/aromatic N) is 4. The van der Waals surface area contributed by atoms with Crippen LogP contribution in [0.5, 0.6) is 0 Å². The summed E-state index contributed by atoms with van der Waals surface area (Å²) in [5, 5.41) is 3.46. The van der Waals surface area contributed by atoms with Crippen molar-refractivity contribution in [3.8, 4) is 0 Å². The lowest BCUT2D eigenvalue weighted by molar-refractivity contribution is -0.135. The van der Waals surface area contributed by atoms with Crippen LogP contribution in [0.25, 0.3) is 0 Å². The molecule has 2 heterocycles. The first-order valence-corrected chi connectivity index (χ1v) is 13.4. The van der Waals surface area contributed by atoms with E-state index >= 15 is 0 Å². The fraction of sp³-hybridized carbons (Fsp3) is 0.920. The maximum Gasteiger partial charge on any atom is 0.239 e. The van der Waals surface area contributed by atoms with E-state index in [1.165, 1.54) is 38.5 Å². The van der Waals surface area contributed by atoms with Gasteiger partial charge in [0.2, 0.25) is 5.91 Å². The second kappa shape index (κ2) is 14.0. The van der Waals surface area contributed by atoms with Crippen LogP contribution in [0.1, 0.15) is 78.1 Å². The van der Waals surface area contributed by atoms with Crippen LogP contribution in [0.3, 0.4) is 0 Å². The Morgan fingerprint density at radius 2 is 1.62 bits per heavy atom. The van der Waals surface area contributed by atoms with Gasteiger partial charge in [-0.25, -0.2) is 0 Å². The summed E-state index contributed by atoms with van der Waals surface area (Å²) in [5.74, 6) is 1.33. The van der Waals surface area contributed by atoms with Crippen LogP contribution < -0.4 is 5.32 Å². The van der Waals surface area contributed by atoms with Crippen molar-refractivity contribution in [2.75, 3.05) is 59.0 Å². The Bertz CT molecular complexity index is 563. The summed E-state index contributed by atoms with van der Waals surface area (Å²) in [7, 11) is 0. The predicted molar refractivity (Wildman–Crippen MR) is 131 cm³/mol. The van der Waals surface area contributed by atoms with Gasteiger partial charge in [-0.2, -0.15) is 0 Å². The number of amides is 1. The highest BCUT2D eigenvalue weighted by atomic mass is 16.5. The minimum Gasteiger partial charge on any atom is -0.378 e. The van der Waals surface area contributed by atoms with Crippen molar-refractivity contribution >= 4 is 11.9 Å². The zero-order valence-electron chi connectivity index (χ0n) is 20.7. The van der Waals surface area contributed by atoms with Gasteiger partial charge in [-0.05, 0) is 52.4 Å². The largest absolute Gasteiger partial charge is 0.378 e. The van der Waals surface area contributed by atoms with Crippen molar-refractivity contribution in [1.82, 2.24) is 20.0 Å². The molecule has 2 saturated heterocycles. The highest BCUT2D eigenvalue weighted by Gasteiger charge is 2.30. The molecular formula is C25H47N5O2. The predicted octanol–water partition coefficient (Wildman–Crippen LogP) is 3.10. The molecule has 0 bridgehead atoms. The summed E-state index contributed by atoms with van der Waals surface area (Å²) in [6, 6.07) is -0.0109. The van der Waals surface area contributed by atoms with Gasteiger partial charge < -0.3 is 19.9 Å². The van der Waals surface area contributed by atoms with Gasteiger partial charge in [0, 0.05) is 59.0 Å². The summed E-state index contributed by atoms with van der Waals surface area (Å²) in [5.41, 5.74) is 0. The molecule has 0 radical (unpaired) electrons. The van der Waals surface area contributed by atoms with Gasteiger partial charge in [0.05, 0.1) is 12.1 Å². The lowest BCUT2D eigenvalue weighted by atomic mass is 10.1. The minimum atomic E-state index is -0.0109. The van der Waals surface area contributed by atoms with Gasteiger partial charge in [0.1, 0.15) is 0 Å². The summed E-state index contributed by atoms with van der Waals surface area (Å²) in [6.45, 7) is 12.4. The fourth-order valence-corrected chi connectivity index (χ4v) is 5.16. The maximum absolute atomic E-state index is 12.7. The van der Waals surface area contributed by atoms with Crippen LogP contribution in [0.4, 0.5) is 0 Å². The van der Waals surface area contributed by atoms with E-state index < -0.39 is 0 Å². The number of hydrogen-bond donors (Lipinski definition) is 1. The molecule has 184 valence electrons. The molecule has 32 heavy (non-hydrogen) atoms. The molecule has 1 saturated carbocycles. The van der Waals surface area contributed by atoms with Crippen LogP contribution in [-0.4, -0.2) is 97.7 Å². The number of guanidine groups is 1. The summed E-state index contributed by atoms with van der Waals surface area (Å²) < 4.78 is 6.11. The molecule has 1 amide bonds. The number of nitrogens with one attached hydrogen (secondary N) is 1. The number of carbonyl (C=O) groups is 1. The van der Waals surface area contributed by atoms with Crippen LogP contribution in [0.2, 0.25) is 0 Å². The number of piperazine rings is 1. The van der Waals surface area contributed by atoms with Crippen molar-refractivity contribution in [3.05, 3.63) is 0 Å². The normalized spacial score (nSPS) is 22.8. The topological polar surface area (TPSA) is 60.4 Å². The van der Waals surface area contributed by atoms with Crippen LogP contribution in [0, 0.1) is 0 Å². The summed E-state index contributed by atoms with van der Waals surface area (Å²) >= 11 is 0. The zero-order chi connectivity index (χ0) is 22.6. The van der Waals surface area contributed by atoms with Crippen molar-refractivity contribution in [1.29, 1.82) is 0 Å². The first-order chi connectivity index (χ1) is 15.7. The van der Waals surface area contributed by atoms with Gasteiger partial charge >= 0.3 is 0 Å². The van der Waals surface area contributed by atoms with E-state index in [4.69, 9.17) is 9.73 Å². The first kappa shape index (κ1) is 25.3. The van der Waals surface area contributed by atoms with Crippen LogP contribution in [-0.2, 0) is 9.53 Å². The number of rotatable bonds is 9. The number of likely N-dealkylation sites (tertiary alicyclic amines) is 1. The summed E-state index contributed by atoms with van der Waals surface area (Å²) in [4.78, 5) is 24.4. The quantitative estimate of drug-likeness (QED) is 0.254. The Hall–Kier alpha value is -1.34. The smallest absolute Gasteiger partial charge is 0.239 e. The van der Waals surface area contributed by atoms with Crippen molar-refractivity contribution in [2.24, 2.45) is 4.99 Å². The SMILES string of the molecule is CCNC(=NCCCCOC1CCCCCC1)N1CCN(C(C)C(=O)N2CCCC2)CC1. The van der Waals surface area contributed by atoms with E-state index in [0.717, 1.165) is 90.6 Å². The van der Waals surface area contributed by atoms with E-state index in [1.54, 1.807) is 0 Å². The number of ether oxygens (including phenoxy) is 1. The maximum atomic E-state index is 12.7. The lowest BCUT2D eigenvalue weighted by Crippen LogP contribution is -2.57. The lowest BCUT2D eigenvalue weighted by Gasteiger charge is -2.39. The second-order valence-electron chi connectivity index (χ2n) is 9.66. The molecule has 3 rings (SSSR count). The van der Waals surface area contributed by atoms with Gasteiger partial charge in [-0.1, -0.05) is 25.7 Å². The van der Waals surface area contributed by atoms with Gasteiger partial charge in [0.15, 0.2) is 5.96 Å². The number of aliphatic imine (C=N–C) groups is 1. The highest BCUT2D eigenvalue weighted by molar-refractivity contribution is 5.82. The average molecular weight is 450 g/mol. The number of carbonyl (C=O) groups excluding carboxylic acids is 1. The van der Waals surface area contributed by atoms with Crippen molar-refractivity contribution in [2.45, 2.75) is 90.2 Å². The molecule has 1 unspecified atom stereocenters. The average Bonchev–Trinajstić information content (AvgIpc) is 3.24. The Labute approximate surface area is 195 Å². The molecule has 7 nitrogen and oxygen atoms in total. The molecule has 1 atom stereocenters. The molecule has 0 aromatic rings. The fourth-order valence-electron chi connectivity index (χ4n) is 5.16. The third-order valence-corrected chi connectivity index (χ3v) is 7.24. The molecule has 0 aromatic heterocycles. The van der Waals surface area contributed by atoms with Gasteiger partial charge in [-0.15, -0.1) is 0 Å². The van der Waals surface area contributed by atoms with E-state index in [0.29, 0.717) is 12.0 Å². The molecule has 3 fully saturated rings. The summed E-state index contributed by atoms with van der Waals surface area (Å²) in [6.07, 6.45) is 12.9. The number of hydrogen-bond acceptors (Lipinski definition) is 4. The Kier molecular flexibility index (Phi) is 11.1. The van der Waals surface area contributed by atoms with Gasteiger partial charge in [0.25, 0.3) is 0 Å². The minimum absolute atomic E-state index is 0.0109. The third-order valence-electron chi connectivity index (χ3n) is 7.24. The van der Waals surface area contributed by atoms with Crippen LogP contribution in [0.15, 0.2) is 4.99 Å². The zero-order valence-corrected chi connectivity index (χ0v) is 20.7. The standard InChI is InChI=1S/C25H47N5O2/c1-3-26-25(27-14-8-11-21-32-23-12-6-4-5-7-13-23)30-19-17-28(18-20-30)22(2)24(31)29-15-9-10-16-29/h22-23H,3-21H2,1-2H3,(H,26,27). The van der Waals surface area contributed by atoms with E-state index in [9.17, 15) is 4.79 Å². The molecule has 0 spiro atoms. The van der Waals surface area contributed by atoms with Crippen LogP contribution >= 0.6 is 0 Å². The molecule has 2 aliphatic heterocycles. The Morgan fingerprint density at radius 1 is 0.938 bits per heavy atom. The third kappa shape index (κ3) is 7.91. The first-order valence-electron chi connectivity index (χ1n) is 13.4. The monoisotopic (exact) mass is 449 g/mol.